The van der Waals surface area contributed by atoms with E-state index in [1.54, 1.807) is 26.0 Å². The van der Waals surface area contributed by atoms with E-state index in [1.165, 1.54) is 18.2 Å². The molecule has 1 aliphatic heterocycles. The quantitative estimate of drug-likeness (QED) is 0.217. The van der Waals surface area contributed by atoms with Crippen LogP contribution in [0.25, 0.3) is 22.6 Å². The van der Waals surface area contributed by atoms with Gasteiger partial charge in [-0.1, -0.05) is 29.7 Å². The molecule has 36 heavy (non-hydrogen) atoms. The second kappa shape index (κ2) is 8.35. The van der Waals surface area contributed by atoms with Crippen LogP contribution in [0.2, 0.25) is 5.02 Å². The van der Waals surface area contributed by atoms with Crippen LogP contribution in [0.15, 0.2) is 48.5 Å². The van der Waals surface area contributed by atoms with E-state index in [0.717, 1.165) is 18.2 Å². The first kappa shape index (κ1) is 23.8. The first-order valence-corrected chi connectivity index (χ1v) is 11.0. The number of pyridine rings is 1. The number of alkyl halides is 3. The van der Waals surface area contributed by atoms with Crippen molar-refractivity contribution < 1.29 is 26.7 Å². The fourth-order valence-corrected chi connectivity index (χ4v) is 4.17. The maximum Gasteiger partial charge on any atom is 0.417 e. The number of ether oxygens (including phenoxy) is 1. The van der Waals surface area contributed by atoms with Crippen LogP contribution < -0.4 is 4.74 Å². The summed E-state index contributed by atoms with van der Waals surface area (Å²) in [6, 6.07) is 9.98. The first-order valence-electron chi connectivity index (χ1n) is 10.6. The number of fused-ring (bicyclic) bond motifs is 3. The van der Waals surface area contributed by atoms with Gasteiger partial charge in [-0.3, -0.25) is 0 Å². The SMILES string of the molecule is CC1(C)Oc2nc(C#Cc3c(F)cccc3C(F)(F)F)ccc2-c2nc(-c3c(F)cccc3Cl)[nH]c21. The molecule has 0 fully saturated rings. The van der Waals surface area contributed by atoms with Crippen LogP contribution >= 0.6 is 11.6 Å². The van der Waals surface area contributed by atoms with Gasteiger partial charge in [-0.15, -0.1) is 0 Å². The number of rotatable bonds is 1. The zero-order valence-electron chi connectivity index (χ0n) is 18.7. The Morgan fingerprint density at radius 1 is 0.944 bits per heavy atom. The second-order valence-corrected chi connectivity index (χ2v) is 8.88. The summed E-state index contributed by atoms with van der Waals surface area (Å²) in [5.41, 5.74) is -1.27. The Kier molecular flexibility index (Phi) is 5.52. The summed E-state index contributed by atoms with van der Waals surface area (Å²) in [5.74, 6) is 3.42. The molecule has 0 radical (unpaired) electrons. The molecule has 0 saturated heterocycles. The minimum atomic E-state index is -4.77. The molecule has 0 unspecified atom stereocenters. The lowest BCUT2D eigenvalue weighted by Crippen LogP contribution is -2.30. The van der Waals surface area contributed by atoms with Crippen molar-refractivity contribution in [2.24, 2.45) is 0 Å². The lowest BCUT2D eigenvalue weighted by atomic mass is 9.96. The molecule has 5 rings (SSSR count). The summed E-state index contributed by atoms with van der Waals surface area (Å²) in [7, 11) is 0. The number of nitrogens with zero attached hydrogens (tertiary/aromatic N) is 2. The normalized spacial score (nSPS) is 13.8. The smallest absolute Gasteiger partial charge is 0.417 e. The van der Waals surface area contributed by atoms with E-state index in [4.69, 9.17) is 16.3 Å². The fraction of sp³-hybridized carbons (Fsp3) is 0.154. The Morgan fingerprint density at radius 3 is 2.39 bits per heavy atom. The average Bonchev–Trinajstić information content (AvgIpc) is 3.23. The van der Waals surface area contributed by atoms with E-state index < -0.39 is 34.5 Å². The molecule has 0 amide bonds. The lowest BCUT2D eigenvalue weighted by molar-refractivity contribution is -0.138. The topological polar surface area (TPSA) is 50.8 Å². The summed E-state index contributed by atoms with van der Waals surface area (Å²) in [6.07, 6.45) is -4.77. The molecule has 0 bridgehead atoms. The molecule has 182 valence electrons. The number of halogens is 6. The van der Waals surface area contributed by atoms with Gasteiger partial charge in [-0.05, 0) is 56.2 Å². The maximum absolute atomic E-state index is 14.5. The number of imidazole rings is 1. The standard InChI is InChI=1S/C26H15ClF5N3O/c1-25(2)22-21(34-23(35-22)20-17(27)6-4-8-19(20)29)15-12-10-13(33-24(15)36-25)9-11-14-16(26(30,31)32)5-3-7-18(14)28/h3-8,10,12H,1-2H3,(H,34,35). The summed E-state index contributed by atoms with van der Waals surface area (Å²) in [4.78, 5) is 11.9. The summed E-state index contributed by atoms with van der Waals surface area (Å²) < 4.78 is 74.4. The van der Waals surface area contributed by atoms with Gasteiger partial charge in [0.15, 0.2) is 0 Å². The highest BCUT2D eigenvalue weighted by Crippen LogP contribution is 2.44. The highest BCUT2D eigenvalue weighted by Gasteiger charge is 2.38. The molecular formula is C26H15ClF5N3O. The molecule has 2 aromatic carbocycles. The Balaban J connectivity index is 1.58. The van der Waals surface area contributed by atoms with Crippen LogP contribution in [0.5, 0.6) is 5.88 Å². The van der Waals surface area contributed by atoms with Crippen molar-refractivity contribution >= 4 is 11.6 Å². The number of benzene rings is 2. The van der Waals surface area contributed by atoms with Crippen molar-refractivity contribution in [3.05, 3.63) is 87.7 Å². The summed E-state index contributed by atoms with van der Waals surface area (Å²) >= 11 is 6.20. The Bertz CT molecular complexity index is 1560. The van der Waals surface area contributed by atoms with Crippen molar-refractivity contribution in [2.45, 2.75) is 25.6 Å². The van der Waals surface area contributed by atoms with Gasteiger partial charge in [0.2, 0.25) is 5.88 Å². The summed E-state index contributed by atoms with van der Waals surface area (Å²) in [5, 5.41) is 0.176. The minimum absolute atomic E-state index is 0.0669. The highest BCUT2D eigenvalue weighted by molar-refractivity contribution is 6.33. The van der Waals surface area contributed by atoms with Crippen LogP contribution in [-0.2, 0) is 11.8 Å². The largest absolute Gasteiger partial charge is 0.465 e. The van der Waals surface area contributed by atoms with Crippen LogP contribution in [0.1, 0.15) is 36.4 Å². The molecule has 0 saturated carbocycles. The third-order valence-electron chi connectivity index (χ3n) is 5.61. The van der Waals surface area contributed by atoms with Crippen LogP contribution in [0.3, 0.4) is 0 Å². The zero-order chi connectivity index (χ0) is 25.8. The number of aromatic amines is 1. The van der Waals surface area contributed by atoms with Gasteiger partial charge in [-0.2, -0.15) is 13.2 Å². The predicted molar refractivity (Wildman–Crippen MR) is 123 cm³/mol. The molecule has 10 heteroatoms. The molecule has 4 nitrogen and oxygen atoms in total. The number of hydrogen-bond donors (Lipinski definition) is 1. The molecule has 0 spiro atoms. The van der Waals surface area contributed by atoms with Gasteiger partial charge >= 0.3 is 6.18 Å². The first-order chi connectivity index (χ1) is 17.0. The predicted octanol–water partition coefficient (Wildman–Crippen LogP) is 7.12. The van der Waals surface area contributed by atoms with Gasteiger partial charge in [-0.25, -0.2) is 18.7 Å². The number of nitrogens with one attached hydrogen (secondary N) is 1. The molecule has 1 N–H and O–H groups in total. The molecule has 3 heterocycles. The minimum Gasteiger partial charge on any atom is -0.465 e. The Labute approximate surface area is 207 Å². The monoisotopic (exact) mass is 515 g/mol. The molecule has 2 aromatic heterocycles. The summed E-state index contributed by atoms with van der Waals surface area (Å²) in [6.45, 7) is 3.49. The maximum atomic E-state index is 14.5. The van der Waals surface area contributed by atoms with Crippen molar-refractivity contribution in [3.8, 4) is 40.4 Å². The molecule has 0 aliphatic carbocycles. The van der Waals surface area contributed by atoms with Crippen molar-refractivity contribution in [1.82, 2.24) is 15.0 Å². The van der Waals surface area contributed by atoms with Crippen LogP contribution in [0.4, 0.5) is 22.0 Å². The van der Waals surface area contributed by atoms with Gasteiger partial charge in [0.05, 0.1) is 33.0 Å². The lowest BCUT2D eigenvalue weighted by Gasteiger charge is -2.30. The molecule has 1 aliphatic rings. The van der Waals surface area contributed by atoms with Crippen LogP contribution in [0, 0.1) is 23.5 Å². The van der Waals surface area contributed by atoms with Crippen LogP contribution in [-0.4, -0.2) is 15.0 Å². The fourth-order valence-electron chi connectivity index (χ4n) is 3.92. The van der Waals surface area contributed by atoms with Gasteiger partial charge in [0.1, 0.15) is 34.4 Å². The van der Waals surface area contributed by atoms with E-state index in [-0.39, 0.29) is 28.0 Å². The third kappa shape index (κ3) is 4.07. The number of H-pyrrole nitrogens is 1. The van der Waals surface area contributed by atoms with Gasteiger partial charge < -0.3 is 9.72 Å². The van der Waals surface area contributed by atoms with E-state index in [2.05, 4.69) is 26.8 Å². The second-order valence-electron chi connectivity index (χ2n) is 8.48. The Hall–Kier alpha value is -3.90. The van der Waals surface area contributed by atoms with Gasteiger partial charge in [0.25, 0.3) is 0 Å². The van der Waals surface area contributed by atoms with Crippen molar-refractivity contribution in [3.63, 3.8) is 0 Å². The van der Waals surface area contributed by atoms with E-state index in [0.29, 0.717) is 17.0 Å². The zero-order valence-corrected chi connectivity index (χ0v) is 19.4. The highest BCUT2D eigenvalue weighted by atomic mass is 35.5. The van der Waals surface area contributed by atoms with Gasteiger partial charge in [0, 0.05) is 0 Å². The average molecular weight is 516 g/mol. The molecular weight excluding hydrogens is 501 g/mol. The van der Waals surface area contributed by atoms with Crippen molar-refractivity contribution in [2.75, 3.05) is 0 Å². The Morgan fingerprint density at radius 2 is 1.67 bits per heavy atom. The van der Waals surface area contributed by atoms with E-state index in [9.17, 15) is 22.0 Å². The van der Waals surface area contributed by atoms with E-state index in [1.807, 2.05) is 0 Å². The van der Waals surface area contributed by atoms with E-state index >= 15 is 0 Å². The molecule has 0 atom stereocenters. The van der Waals surface area contributed by atoms with Crippen molar-refractivity contribution in [1.29, 1.82) is 0 Å². The number of hydrogen-bond acceptors (Lipinski definition) is 3. The number of aromatic nitrogens is 3. The third-order valence-corrected chi connectivity index (χ3v) is 5.92. The molecule has 4 aromatic rings.